The van der Waals surface area contributed by atoms with Gasteiger partial charge in [0.05, 0.1) is 4.90 Å². The first-order chi connectivity index (χ1) is 13.1. The molecule has 0 aliphatic rings. The van der Waals surface area contributed by atoms with Crippen molar-refractivity contribution < 1.29 is 26.4 Å². The van der Waals surface area contributed by atoms with Crippen molar-refractivity contribution in [3.05, 3.63) is 65.7 Å². The maximum Gasteiger partial charge on any atom is 0.405 e. The number of alkyl halides is 3. The molecular weight excluding hydrogens is 393 g/mol. The van der Waals surface area contributed by atoms with E-state index in [-0.39, 0.29) is 17.0 Å². The minimum atomic E-state index is -4.52. The number of benzene rings is 2. The predicted octanol–water partition coefficient (Wildman–Crippen LogP) is 3.58. The molecule has 2 rings (SSSR count). The molecule has 0 fully saturated rings. The number of hydrogen-bond acceptors (Lipinski definition) is 3. The molecule has 9 heteroatoms. The van der Waals surface area contributed by atoms with Crippen LogP contribution in [0.3, 0.4) is 0 Å². The second kappa shape index (κ2) is 9.20. The van der Waals surface area contributed by atoms with Crippen LogP contribution in [0.4, 0.5) is 13.2 Å². The van der Waals surface area contributed by atoms with Crippen LogP contribution >= 0.6 is 0 Å². The van der Waals surface area contributed by atoms with Gasteiger partial charge in [-0.3, -0.25) is 4.79 Å². The number of carbonyl (C=O) groups is 1. The van der Waals surface area contributed by atoms with E-state index >= 15 is 0 Å². The number of carbonyl (C=O) groups excluding carboxylic acids is 1. The smallest absolute Gasteiger partial charge is 0.343 e. The van der Waals surface area contributed by atoms with E-state index in [0.29, 0.717) is 13.0 Å². The number of hydrogen-bond donors (Lipinski definition) is 1. The SMILES string of the molecule is CCCN(Cc1ccccc1)S(=O)(=O)c1ccc(C(=O)NCC(F)(F)F)cc1. The standard InChI is InChI=1S/C19H21F3N2O3S/c1-2-12-24(13-15-6-4-3-5-7-15)28(26,27)17-10-8-16(9-11-17)18(25)23-14-19(20,21)22/h3-11H,2,12-14H2,1H3,(H,23,25). The second-order valence-electron chi connectivity index (χ2n) is 6.15. The summed E-state index contributed by atoms with van der Waals surface area (Å²) in [6.07, 6.45) is -3.90. The molecule has 0 heterocycles. The van der Waals surface area contributed by atoms with Crippen LogP contribution in [0.25, 0.3) is 0 Å². The molecule has 2 aromatic carbocycles. The van der Waals surface area contributed by atoms with Gasteiger partial charge in [-0.1, -0.05) is 37.3 Å². The van der Waals surface area contributed by atoms with E-state index in [9.17, 15) is 26.4 Å². The van der Waals surface area contributed by atoms with Crippen molar-refractivity contribution in [1.82, 2.24) is 9.62 Å². The quantitative estimate of drug-likeness (QED) is 0.718. The molecule has 0 aliphatic carbocycles. The van der Waals surface area contributed by atoms with Crippen LogP contribution in [0.1, 0.15) is 29.3 Å². The van der Waals surface area contributed by atoms with Gasteiger partial charge in [0.15, 0.2) is 0 Å². The summed E-state index contributed by atoms with van der Waals surface area (Å²) in [5, 5.41) is 1.75. The topological polar surface area (TPSA) is 66.5 Å². The Morgan fingerprint density at radius 1 is 1.04 bits per heavy atom. The highest BCUT2D eigenvalue weighted by Crippen LogP contribution is 2.20. The minimum absolute atomic E-state index is 0.0238. The normalized spacial score (nSPS) is 12.2. The fourth-order valence-corrected chi connectivity index (χ4v) is 4.05. The zero-order chi connectivity index (χ0) is 20.8. The van der Waals surface area contributed by atoms with Crippen molar-refractivity contribution >= 4 is 15.9 Å². The Labute approximate surface area is 162 Å². The molecule has 0 aliphatic heterocycles. The molecule has 0 unspecified atom stereocenters. The van der Waals surface area contributed by atoms with Crippen molar-refractivity contribution in [1.29, 1.82) is 0 Å². The lowest BCUT2D eigenvalue weighted by Gasteiger charge is -2.22. The summed E-state index contributed by atoms with van der Waals surface area (Å²) in [5.41, 5.74) is 0.788. The molecular formula is C19H21F3N2O3S. The summed E-state index contributed by atoms with van der Waals surface area (Å²) in [4.78, 5) is 11.7. The van der Waals surface area contributed by atoms with Crippen LogP contribution in [0.15, 0.2) is 59.5 Å². The number of rotatable bonds is 8. The number of nitrogens with one attached hydrogen (secondary N) is 1. The molecule has 0 radical (unpaired) electrons. The van der Waals surface area contributed by atoms with Gasteiger partial charge in [0.25, 0.3) is 5.91 Å². The molecule has 152 valence electrons. The molecule has 2 aromatic rings. The molecule has 28 heavy (non-hydrogen) atoms. The van der Waals surface area contributed by atoms with Crippen molar-refractivity contribution in [2.75, 3.05) is 13.1 Å². The molecule has 0 spiro atoms. The van der Waals surface area contributed by atoms with Gasteiger partial charge in [-0.05, 0) is 36.2 Å². The average molecular weight is 414 g/mol. The monoisotopic (exact) mass is 414 g/mol. The van der Waals surface area contributed by atoms with Gasteiger partial charge < -0.3 is 5.32 Å². The molecule has 0 saturated heterocycles. The number of halogens is 3. The van der Waals surface area contributed by atoms with Gasteiger partial charge in [0, 0.05) is 18.7 Å². The molecule has 1 amide bonds. The molecule has 5 nitrogen and oxygen atoms in total. The van der Waals surface area contributed by atoms with Crippen LogP contribution in [-0.2, 0) is 16.6 Å². The Bertz CT molecular complexity index is 883. The first-order valence-corrected chi connectivity index (χ1v) is 10.1. The highest BCUT2D eigenvalue weighted by Gasteiger charge is 2.28. The lowest BCUT2D eigenvalue weighted by atomic mass is 10.2. The fraction of sp³-hybridized carbons (Fsp3) is 0.316. The maximum absolute atomic E-state index is 12.9. The highest BCUT2D eigenvalue weighted by atomic mass is 32.2. The first-order valence-electron chi connectivity index (χ1n) is 8.62. The Morgan fingerprint density at radius 2 is 1.64 bits per heavy atom. The summed E-state index contributed by atoms with van der Waals surface area (Å²) in [5.74, 6) is -0.920. The predicted molar refractivity (Wildman–Crippen MR) is 99.2 cm³/mol. The van der Waals surface area contributed by atoms with Crippen LogP contribution in [-0.4, -0.2) is 37.9 Å². The summed E-state index contributed by atoms with van der Waals surface area (Å²) < 4.78 is 63.8. The van der Waals surface area contributed by atoms with Gasteiger partial charge in [0.1, 0.15) is 6.54 Å². The molecule has 0 aromatic heterocycles. The second-order valence-corrected chi connectivity index (χ2v) is 8.08. The third kappa shape index (κ3) is 6.07. The summed E-state index contributed by atoms with van der Waals surface area (Å²) in [7, 11) is -3.82. The van der Waals surface area contributed by atoms with Gasteiger partial charge in [-0.25, -0.2) is 8.42 Å². The molecule has 0 bridgehead atoms. The van der Waals surface area contributed by atoms with Crippen molar-refractivity contribution in [3.63, 3.8) is 0 Å². The van der Waals surface area contributed by atoms with Gasteiger partial charge in [-0.2, -0.15) is 17.5 Å². The van der Waals surface area contributed by atoms with E-state index in [0.717, 1.165) is 5.56 Å². The highest BCUT2D eigenvalue weighted by molar-refractivity contribution is 7.89. The average Bonchev–Trinajstić information content (AvgIpc) is 2.66. The molecule has 1 N–H and O–H groups in total. The van der Waals surface area contributed by atoms with E-state index in [1.54, 1.807) is 5.32 Å². The third-order valence-electron chi connectivity index (χ3n) is 3.88. The van der Waals surface area contributed by atoms with E-state index in [1.165, 1.54) is 28.6 Å². The first kappa shape index (κ1) is 21.9. The zero-order valence-electron chi connectivity index (χ0n) is 15.2. The van der Waals surface area contributed by atoms with Gasteiger partial charge >= 0.3 is 6.18 Å². The van der Waals surface area contributed by atoms with E-state index < -0.39 is 28.7 Å². The Balaban J connectivity index is 2.18. The van der Waals surface area contributed by atoms with Gasteiger partial charge in [0.2, 0.25) is 10.0 Å². The molecule has 0 atom stereocenters. The Morgan fingerprint density at radius 3 is 2.18 bits per heavy atom. The number of sulfonamides is 1. The van der Waals surface area contributed by atoms with E-state index in [1.807, 2.05) is 37.3 Å². The Kier molecular flexibility index (Phi) is 7.20. The van der Waals surface area contributed by atoms with Crippen molar-refractivity contribution in [2.45, 2.75) is 31.0 Å². The zero-order valence-corrected chi connectivity index (χ0v) is 16.1. The third-order valence-corrected chi connectivity index (χ3v) is 5.74. The van der Waals surface area contributed by atoms with E-state index in [4.69, 9.17) is 0 Å². The minimum Gasteiger partial charge on any atom is -0.343 e. The number of nitrogens with zero attached hydrogens (tertiary/aromatic N) is 1. The van der Waals surface area contributed by atoms with Crippen LogP contribution in [0.5, 0.6) is 0 Å². The van der Waals surface area contributed by atoms with Crippen LogP contribution in [0, 0.1) is 0 Å². The summed E-state index contributed by atoms with van der Waals surface area (Å²) >= 11 is 0. The lowest BCUT2D eigenvalue weighted by Crippen LogP contribution is -2.34. The van der Waals surface area contributed by atoms with Crippen LogP contribution in [0.2, 0.25) is 0 Å². The van der Waals surface area contributed by atoms with Crippen molar-refractivity contribution in [2.24, 2.45) is 0 Å². The maximum atomic E-state index is 12.9. The molecule has 0 saturated carbocycles. The van der Waals surface area contributed by atoms with Gasteiger partial charge in [-0.15, -0.1) is 0 Å². The summed E-state index contributed by atoms with van der Waals surface area (Å²) in [6, 6.07) is 14.0. The Hall–Kier alpha value is -2.39. The summed E-state index contributed by atoms with van der Waals surface area (Å²) in [6.45, 7) is 0.921. The van der Waals surface area contributed by atoms with E-state index in [2.05, 4.69) is 0 Å². The van der Waals surface area contributed by atoms with Crippen molar-refractivity contribution in [3.8, 4) is 0 Å². The van der Waals surface area contributed by atoms with Crippen LogP contribution < -0.4 is 5.32 Å². The largest absolute Gasteiger partial charge is 0.405 e. The lowest BCUT2D eigenvalue weighted by molar-refractivity contribution is -0.123. The number of amides is 1. The fourth-order valence-electron chi connectivity index (χ4n) is 2.53.